The van der Waals surface area contributed by atoms with Crippen molar-refractivity contribution in [2.75, 3.05) is 18.4 Å². The van der Waals surface area contributed by atoms with Crippen LogP contribution >= 0.6 is 11.3 Å². The molecule has 9 heteroatoms. The van der Waals surface area contributed by atoms with Crippen LogP contribution in [0.5, 0.6) is 0 Å². The first-order valence-corrected chi connectivity index (χ1v) is 13.8. The van der Waals surface area contributed by atoms with Crippen molar-refractivity contribution in [3.63, 3.8) is 0 Å². The van der Waals surface area contributed by atoms with Crippen molar-refractivity contribution < 1.29 is 9.59 Å². The van der Waals surface area contributed by atoms with Crippen molar-refractivity contribution in [1.29, 1.82) is 0 Å². The normalized spacial score (nSPS) is 18.9. The van der Waals surface area contributed by atoms with E-state index in [2.05, 4.69) is 21.0 Å². The molecule has 2 aliphatic rings. The van der Waals surface area contributed by atoms with E-state index in [-0.39, 0.29) is 23.8 Å². The Morgan fingerprint density at radius 1 is 1.14 bits per heavy atom. The van der Waals surface area contributed by atoms with Gasteiger partial charge in [-0.25, -0.2) is 4.98 Å². The molecule has 0 atom stereocenters. The first-order valence-electron chi connectivity index (χ1n) is 13.0. The van der Waals surface area contributed by atoms with Gasteiger partial charge in [0.1, 0.15) is 0 Å². The maximum Gasteiger partial charge on any atom is 0.225 e. The molecule has 190 valence electrons. The van der Waals surface area contributed by atoms with E-state index >= 15 is 0 Å². The molecule has 0 aromatic carbocycles. The van der Waals surface area contributed by atoms with Crippen LogP contribution in [0.15, 0.2) is 18.3 Å². The van der Waals surface area contributed by atoms with Gasteiger partial charge in [0.15, 0.2) is 5.13 Å². The second-order valence-electron chi connectivity index (χ2n) is 9.80. The lowest BCUT2D eigenvalue weighted by atomic mass is 9.84. The predicted octanol–water partition coefficient (Wildman–Crippen LogP) is 5.03. The molecule has 3 heterocycles. The highest BCUT2D eigenvalue weighted by atomic mass is 32.1. The van der Waals surface area contributed by atoms with Crippen molar-refractivity contribution in [2.45, 2.75) is 72.3 Å². The minimum absolute atomic E-state index is 0.0960. The third-order valence-electron chi connectivity index (χ3n) is 7.47. The zero-order valence-corrected chi connectivity index (χ0v) is 22.3. The second-order valence-corrected chi connectivity index (χ2v) is 10.8. The number of hydrogen-bond donors (Lipinski definition) is 1. The van der Waals surface area contributed by atoms with Crippen molar-refractivity contribution in [3.05, 3.63) is 35.3 Å². The number of nitrogens with one attached hydrogen (secondary N) is 1. The summed E-state index contributed by atoms with van der Waals surface area (Å²) < 4.78 is 2.20. The number of aromatic nitrogens is 4. The number of fused-ring (bicyclic) bond motifs is 3. The summed E-state index contributed by atoms with van der Waals surface area (Å²) >= 11 is 1.53. The van der Waals surface area contributed by atoms with E-state index < -0.39 is 0 Å². The van der Waals surface area contributed by atoms with E-state index in [9.17, 15) is 9.59 Å². The van der Waals surface area contributed by atoms with E-state index in [1.54, 1.807) is 0 Å². The lowest BCUT2D eigenvalue weighted by Crippen LogP contribution is -2.37. The molecular formula is C27H34N6O2S. The zero-order valence-electron chi connectivity index (χ0n) is 21.5. The van der Waals surface area contributed by atoms with Crippen LogP contribution in [-0.2, 0) is 22.4 Å². The highest BCUT2D eigenvalue weighted by Gasteiger charge is 2.35. The van der Waals surface area contributed by atoms with Crippen molar-refractivity contribution >= 4 is 28.3 Å². The summed E-state index contributed by atoms with van der Waals surface area (Å²) in [5, 5.41) is 8.70. The summed E-state index contributed by atoms with van der Waals surface area (Å²) in [5.74, 6) is 0.271. The van der Waals surface area contributed by atoms with Crippen molar-refractivity contribution in [3.8, 4) is 21.8 Å². The monoisotopic (exact) mass is 506 g/mol. The molecule has 2 amide bonds. The van der Waals surface area contributed by atoms with Gasteiger partial charge in [0, 0.05) is 48.9 Å². The quantitative estimate of drug-likeness (QED) is 0.506. The standard InChI is InChI=1S/C27H34N6O2S/c1-5-32(6-2)26(35)18-9-11-20(12-10-18)33-24-21(23(31-33)19-8-7-16(3)28-15-19)13-14-22-25(24)36-27(30-22)29-17(4)34/h7-8,15,18,20H,5-6,9-14H2,1-4H3,(H,29,30,34). The molecule has 0 saturated heterocycles. The Morgan fingerprint density at radius 2 is 1.89 bits per heavy atom. The van der Waals surface area contributed by atoms with Crippen LogP contribution in [0.4, 0.5) is 5.13 Å². The van der Waals surface area contributed by atoms with Crippen LogP contribution in [0.1, 0.15) is 69.4 Å². The summed E-state index contributed by atoms with van der Waals surface area (Å²) in [6, 6.07) is 4.35. The number of carbonyl (C=O) groups excluding carboxylic acids is 2. The van der Waals surface area contributed by atoms with Crippen molar-refractivity contribution in [1.82, 2.24) is 24.6 Å². The fourth-order valence-electron chi connectivity index (χ4n) is 5.56. The molecule has 2 aliphatic carbocycles. The second kappa shape index (κ2) is 10.1. The maximum absolute atomic E-state index is 13.0. The van der Waals surface area contributed by atoms with Gasteiger partial charge in [0.05, 0.1) is 28.0 Å². The first kappa shape index (κ1) is 24.6. The Morgan fingerprint density at radius 3 is 2.53 bits per heavy atom. The van der Waals surface area contributed by atoms with E-state index in [4.69, 9.17) is 10.1 Å². The molecule has 8 nitrogen and oxygen atoms in total. The predicted molar refractivity (Wildman–Crippen MR) is 142 cm³/mol. The topological polar surface area (TPSA) is 93.0 Å². The molecule has 0 aliphatic heterocycles. The van der Waals surface area contributed by atoms with Crippen LogP contribution in [0.2, 0.25) is 0 Å². The molecule has 1 N–H and O–H groups in total. The number of hydrogen-bond acceptors (Lipinski definition) is 6. The molecule has 0 spiro atoms. The average molecular weight is 507 g/mol. The Balaban J connectivity index is 1.51. The minimum Gasteiger partial charge on any atom is -0.343 e. The number of aryl methyl sites for hydroxylation is 2. The molecule has 5 rings (SSSR count). The highest BCUT2D eigenvalue weighted by molar-refractivity contribution is 7.19. The fraction of sp³-hybridized carbons (Fsp3) is 0.519. The summed E-state index contributed by atoms with van der Waals surface area (Å²) in [5.41, 5.74) is 6.37. The Hall–Kier alpha value is -3.07. The summed E-state index contributed by atoms with van der Waals surface area (Å²) in [6.45, 7) is 9.12. The average Bonchev–Trinajstić information content (AvgIpc) is 3.46. The molecule has 0 unspecified atom stereocenters. The number of carbonyl (C=O) groups is 2. The van der Waals surface area contributed by atoms with E-state index in [1.165, 1.54) is 23.8 Å². The number of anilines is 1. The number of pyridine rings is 1. The number of nitrogens with zero attached hydrogens (tertiary/aromatic N) is 5. The van der Waals surface area contributed by atoms with E-state index in [0.29, 0.717) is 5.13 Å². The Bertz CT molecular complexity index is 1270. The van der Waals surface area contributed by atoms with E-state index in [0.717, 1.165) is 84.8 Å². The maximum atomic E-state index is 13.0. The third kappa shape index (κ3) is 4.56. The third-order valence-corrected chi connectivity index (χ3v) is 8.49. The van der Waals surface area contributed by atoms with Gasteiger partial charge in [0.25, 0.3) is 0 Å². The SMILES string of the molecule is CCN(CC)C(=O)C1CCC(n2nc(-c3ccc(C)nc3)c3c2-c2sc(NC(C)=O)nc2CC3)CC1. The molecule has 3 aromatic heterocycles. The number of thiazole rings is 1. The lowest BCUT2D eigenvalue weighted by Gasteiger charge is -2.32. The van der Waals surface area contributed by atoms with Gasteiger partial charge in [-0.1, -0.05) is 11.3 Å². The van der Waals surface area contributed by atoms with Gasteiger partial charge < -0.3 is 10.2 Å². The molecule has 0 bridgehead atoms. The van der Waals surface area contributed by atoms with Gasteiger partial charge in [-0.05, 0) is 71.4 Å². The summed E-state index contributed by atoms with van der Waals surface area (Å²) in [4.78, 5) is 36.9. The molecule has 1 saturated carbocycles. The number of rotatable bonds is 6. The summed E-state index contributed by atoms with van der Waals surface area (Å²) in [6.07, 6.45) is 7.18. The van der Waals surface area contributed by atoms with Crippen molar-refractivity contribution in [2.24, 2.45) is 5.92 Å². The van der Waals surface area contributed by atoms with Crippen LogP contribution in [0, 0.1) is 12.8 Å². The minimum atomic E-state index is -0.113. The molecule has 3 aromatic rings. The molecule has 1 fully saturated rings. The van der Waals surface area contributed by atoms with Gasteiger partial charge in [-0.2, -0.15) is 5.10 Å². The smallest absolute Gasteiger partial charge is 0.225 e. The first-order chi connectivity index (χ1) is 17.4. The Kier molecular flexibility index (Phi) is 6.92. The fourth-order valence-corrected chi connectivity index (χ4v) is 6.69. The zero-order chi connectivity index (χ0) is 25.4. The van der Waals surface area contributed by atoms with Gasteiger partial charge >= 0.3 is 0 Å². The summed E-state index contributed by atoms with van der Waals surface area (Å²) in [7, 11) is 0. The van der Waals surface area contributed by atoms with Gasteiger partial charge in [-0.15, -0.1) is 0 Å². The largest absolute Gasteiger partial charge is 0.343 e. The number of amides is 2. The van der Waals surface area contributed by atoms with Crippen LogP contribution in [0.25, 0.3) is 21.8 Å². The van der Waals surface area contributed by atoms with Gasteiger partial charge in [0.2, 0.25) is 11.8 Å². The molecule has 36 heavy (non-hydrogen) atoms. The van der Waals surface area contributed by atoms with E-state index in [1.807, 2.05) is 37.9 Å². The van der Waals surface area contributed by atoms with Gasteiger partial charge in [-0.3, -0.25) is 19.3 Å². The Labute approximate surface area is 216 Å². The van der Waals surface area contributed by atoms with Crippen LogP contribution < -0.4 is 5.32 Å². The lowest BCUT2D eigenvalue weighted by molar-refractivity contribution is -0.136. The highest BCUT2D eigenvalue weighted by Crippen LogP contribution is 2.46. The van der Waals surface area contributed by atoms with Crippen LogP contribution in [0.3, 0.4) is 0 Å². The molecule has 0 radical (unpaired) electrons. The van der Waals surface area contributed by atoms with Crippen LogP contribution in [-0.4, -0.2) is 49.6 Å². The molecular weight excluding hydrogens is 472 g/mol.